The highest BCUT2D eigenvalue weighted by molar-refractivity contribution is 5.85. The van der Waals surface area contributed by atoms with Crippen LogP contribution in [-0.2, 0) is 11.2 Å². The number of nitrogens with two attached hydrogens (primary N) is 1. The van der Waals surface area contributed by atoms with Crippen molar-refractivity contribution in [1.29, 1.82) is 0 Å². The number of amides is 1. The highest BCUT2D eigenvalue weighted by atomic mass is 16.3. The fourth-order valence-electron chi connectivity index (χ4n) is 6.14. The van der Waals surface area contributed by atoms with E-state index in [1.165, 1.54) is 0 Å². The van der Waals surface area contributed by atoms with E-state index in [2.05, 4.69) is 44.5 Å². The van der Waals surface area contributed by atoms with Crippen molar-refractivity contribution >= 4 is 17.1 Å². The zero-order chi connectivity index (χ0) is 28.2. The molecule has 1 saturated carbocycles. The fourth-order valence-corrected chi connectivity index (χ4v) is 6.14. The number of aromatic amines is 1. The third-order valence-electron chi connectivity index (χ3n) is 8.43. The van der Waals surface area contributed by atoms with Crippen molar-refractivity contribution in [2.75, 3.05) is 0 Å². The molecule has 7 heteroatoms. The van der Waals surface area contributed by atoms with Gasteiger partial charge in [0.25, 0.3) is 0 Å². The van der Waals surface area contributed by atoms with Crippen molar-refractivity contribution in [2.45, 2.75) is 56.2 Å². The van der Waals surface area contributed by atoms with Crippen molar-refractivity contribution in [3.05, 3.63) is 120 Å². The van der Waals surface area contributed by atoms with Crippen LogP contribution in [0.2, 0.25) is 0 Å². The lowest BCUT2D eigenvalue weighted by molar-refractivity contribution is -0.126. The molecule has 1 fully saturated rings. The molecule has 2 aromatic heterocycles. The summed E-state index contributed by atoms with van der Waals surface area (Å²) < 4.78 is 0. The van der Waals surface area contributed by atoms with Crippen molar-refractivity contribution < 1.29 is 9.90 Å². The first-order valence-electron chi connectivity index (χ1n) is 14.3. The van der Waals surface area contributed by atoms with Gasteiger partial charge in [0, 0.05) is 18.2 Å². The van der Waals surface area contributed by atoms with Crippen LogP contribution in [0, 0.1) is 0 Å². The molecule has 5 N–H and O–H groups in total. The number of imidazole rings is 1. The second-order valence-electron chi connectivity index (χ2n) is 11.0. The Kier molecular flexibility index (Phi) is 7.63. The molecule has 1 unspecified atom stereocenters. The maximum atomic E-state index is 12.8. The predicted octanol–water partition coefficient (Wildman–Crippen LogP) is 5.77. The quantitative estimate of drug-likeness (QED) is 0.188. The van der Waals surface area contributed by atoms with Gasteiger partial charge in [0.05, 0.1) is 29.5 Å². The smallest absolute Gasteiger partial charge is 0.237 e. The summed E-state index contributed by atoms with van der Waals surface area (Å²) in [4.78, 5) is 25.0. The van der Waals surface area contributed by atoms with E-state index in [0.29, 0.717) is 24.9 Å². The molecule has 208 valence electrons. The van der Waals surface area contributed by atoms with E-state index in [4.69, 9.17) is 5.73 Å². The molecule has 1 amide bonds. The van der Waals surface area contributed by atoms with Gasteiger partial charge in [-0.25, -0.2) is 9.97 Å². The number of carbonyl (C=O) groups excluding carboxylic acids is 1. The number of fused-ring (bicyclic) bond motifs is 1. The molecule has 2 atom stereocenters. The number of carbonyl (C=O) groups is 1. The summed E-state index contributed by atoms with van der Waals surface area (Å²) in [5.41, 5.74) is 12.8. The molecule has 0 saturated heterocycles. The molecule has 41 heavy (non-hydrogen) atoms. The maximum Gasteiger partial charge on any atom is 0.237 e. The van der Waals surface area contributed by atoms with Crippen molar-refractivity contribution in [3.8, 4) is 11.1 Å². The number of aromatic nitrogens is 3. The molecule has 1 aliphatic carbocycles. The zero-order valence-corrected chi connectivity index (χ0v) is 23.0. The lowest BCUT2D eigenvalue weighted by Crippen LogP contribution is -2.58. The van der Waals surface area contributed by atoms with Crippen LogP contribution >= 0.6 is 0 Å². The first kappa shape index (κ1) is 26.9. The van der Waals surface area contributed by atoms with Crippen LogP contribution in [0.1, 0.15) is 66.5 Å². The van der Waals surface area contributed by atoms with Crippen LogP contribution in [0.5, 0.6) is 0 Å². The minimum absolute atomic E-state index is 0.353. The molecule has 7 nitrogen and oxygen atoms in total. The number of hydrogen-bond donors (Lipinski definition) is 4. The molecule has 5 aromatic rings. The third-order valence-corrected chi connectivity index (χ3v) is 8.43. The number of H-pyrrole nitrogens is 1. The summed E-state index contributed by atoms with van der Waals surface area (Å²) in [7, 11) is 0. The minimum Gasteiger partial charge on any atom is -0.386 e. The lowest BCUT2D eigenvalue weighted by Gasteiger charge is -2.40. The normalized spacial score (nSPS) is 16.3. The Labute approximate surface area is 239 Å². The lowest BCUT2D eigenvalue weighted by atomic mass is 9.79. The summed E-state index contributed by atoms with van der Waals surface area (Å²) in [5, 5.41) is 15.1. The molecule has 0 aliphatic heterocycles. The number of rotatable bonds is 9. The summed E-state index contributed by atoms with van der Waals surface area (Å²) >= 11 is 0. The van der Waals surface area contributed by atoms with Gasteiger partial charge in [0.2, 0.25) is 5.91 Å². The Morgan fingerprint density at radius 2 is 1.59 bits per heavy atom. The molecule has 2 heterocycles. The molecular formula is C34H35N5O2. The molecule has 0 radical (unpaired) electrons. The summed E-state index contributed by atoms with van der Waals surface area (Å²) in [6.07, 6.45) is 7.69. The fraction of sp³-hybridized carbons (Fsp3) is 0.265. The summed E-state index contributed by atoms with van der Waals surface area (Å²) in [6.45, 7) is 0. The second-order valence-corrected chi connectivity index (χ2v) is 11.0. The average molecular weight is 546 g/mol. The first-order valence-corrected chi connectivity index (χ1v) is 14.3. The van der Waals surface area contributed by atoms with E-state index in [1.807, 2.05) is 66.9 Å². The van der Waals surface area contributed by atoms with Gasteiger partial charge in [-0.05, 0) is 40.7 Å². The van der Waals surface area contributed by atoms with Gasteiger partial charge >= 0.3 is 0 Å². The van der Waals surface area contributed by atoms with Gasteiger partial charge in [-0.1, -0.05) is 104 Å². The Hall–Kier alpha value is -4.33. The van der Waals surface area contributed by atoms with Gasteiger partial charge in [0.1, 0.15) is 0 Å². The van der Waals surface area contributed by atoms with Gasteiger partial charge in [-0.15, -0.1) is 0 Å². The van der Waals surface area contributed by atoms with E-state index in [-0.39, 0.29) is 5.91 Å². The van der Waals surface area contributed by atoms with Crippen LogP contribution in [0.3, 0.4) is 0 Å². The highest BCUT2D eigenvalue weighted by Crippen LogP contribution is 2.36. The van der Waals surface area contributed by atoms with Crippen LogP contribution < -0.4 is 11.1 Å². The first-order chi connectivity index (χ1) is 20.0. The summed E-state index contributed by atoms with van der Waals surface area (Å²) in [6, 6.07) is 27.6. The molecule has 0 spiro atoms. The number of primary amides is 1. The SMILES string of the molecule is NC(=O)C1(NC(c2ccc(Cc3c(-c4ccccc4)cnc4nc[nH]c34)cc2)[C@@H](O)c2ccccc2)CCCCC1. The van der Waals surface area contributed by atoms with Gasteiger partial charge in [-0.3, -0.25) is 10.1 Å². The topological polar surface area (TPSA) is 117 Å². The number of nitrogens with zero attached hydrogens (tertiary/aromatic N) is 2. The maximum absolute atomic E-state index is 12.8. The Bertz CT molecular complexity index is 1610. The summed E-state index contributed by atoms with van der Waals surface area (Å²) in [5.74, 6) is -0.353. The number of aliphatic hydroxyl groups excluding tert-OH is 1. The van der Waals surface area contributed by atoms with E-state index >= 15 is 0 Å². The monoisotopic (exact) mass is 545 g/mol. The van der Waals surface area contributed by atoms with Crippen molar-refractivity contribution in [3.63, 3.8) is 0 Å². The van der Waals surface area contributed by atoms with E-state index in [0.717, 1.165) is 58.2 Å². The van der Waals surface area contributed by atoms with Crippen LogP contribution in [0.4, 0.5) is 0 Å². The van der Waals surface area contributed by atoms with Crippen molar-refractivity contribution in [1.82, 2.24) is 20.3 Å². The highest BCUT2D eigenvalue weighted by Gasteiger charge is 2.41. The van der Waals surface area contributed by atoms with Crippen LogP contribution in [0.15, 0.2) is 97.5 Å². The standard InChI is InChI=1S/C34H35N5O2/c35-33(41)34(18-8-3-9-19-34)39-29(31(40)26-12-6-2-7-13-26)25-16-14-23(15-17-25)20-27-28(24-10-4-1-5-11-24)21-36-32-30(27)37-22-38-32/h1-2,4-7,10-17,21-22,29,31,39-40H,3,8-9,18-20H2,(H2,35,41)(H,36,37,38)/t29?,31-/m0/s1. The molecule has 0 bridgehead atoms. The largest absolute Gasteiger partial charge is 0.386 e. The van der Waals surface area contributed by atoms with Gasteiger partial charge in [-0.2, -0.15) is 0 Å². The van der Waals surface area contributed by atoms with Crippen LogP contribution in [-0.4, -0.2) is 31.5 Å². The third kappa shape index (κ3) is 5.51. The molecule has 6 rings (SSSR count). The second kappa shape index (κ2) is 11.6. The minimum atomic E-state index is -0.852. The Balaban J connectivity index is 1.34. The Morgan fingerprint density at radius 3 is 2.27 bits per heavy atom. The number of aliphatic hydroxyl groups is 1. The number of nitrogens with one attached hydrogen (secondary N) is 2. The average Bonchev–Trinajstić information content (AvgIpc) is 3.51. The zero-order valence-electron chi connectivity index (χ0n) is 23.0. The van der Waals surface area contributed by atoms with E-state index in [9.17, 15) is 9.90 Å². The van der Waals surface area contributed by atoms with E-state index in [1.54, 1.807) is 6.33 Å². The number of hydrogen-bond acceptors (Lipinski definition) is 5. The van der Waals surface area contributed by atoms with Gasteiger partial charge < -0.3 is 15.8 Å². The predicted molar refractivity (Wildman–Crippen MR) is 161 cm³/mol. The molecule has 1 aliphatic rings. The van der Waals surface area contributed by atoms with Crippen molar-refractivity contribution in [2.24, 2.45) is 5.73 Å². The number of pyridine rings is 1. The molecular weight excluding hydrogens is 510 g/mol. The van der Waals surface area contributed by atoms with Gasteiger partial charge in [0.15, 0.2) is 5.65 Å². The van der Waals surface area contributed by atoms with E-state index < -0.39 is 17.7 Å². The number of benzene rings is 3. The molecule has 3 aromatic carbocycles. The van der Waals surface area contributed by atoms with Crippen LogP contribution in [0.25, 0.3) is 22.3 Å². The Morgan fingerprint density at radius 1 is 0.902 bits per heavy atom.